The maximum absolute atomic E-state index is 13.0. The molecule has 0 aliphatic carbocycles. The van der Waals surface area contributed by atoms with Crippen LogP contribution in [0, 0.1) is 6.92 Å². The highest BCUT2D eigenvalue weighted by atomic mass is 19.4. The van der Waals surface area contributed by atoms with Crippen molar-refractivity contribution in [2.75, 3.05) is 36.5 Å². The first kappa shape index (κ1) is 17.5. The summed E-state index contributed by atoms with van der Waals surface area (Å²) < 4.78 is 45.0. The van der Waals surface area contributed by atoms with Crippen LogP contribution in [0.25, 0.3) is 5.65 Å². The topological polar surface area (TPSA) is 80.5 Å². The normalized spacial score (nSPS) is 15.3. The number of morpholine rings is 1. The van der Waals surface area contributed by atoms with Gasteiger partial charge in [-0.25, -0.2) is 4.98 Å². The summed E-state index contributed by atoms with van der Waals surface area (Å²) in [6.07, 6.45) is -4.64. The van der Waals surface area contributed by atoms with E-state index in [1.54, 1.807) is 6.07 Å². The van der Waals surface area contributed by atoms with Gasteiger partial charge in [0.15, 0.2) is 11.5 Å². The van der Waals surface area contributed by atoms with Gasteiger partial charge in [0.2, 0.25) is 0 Å². The Morgan fingerprint density at radius 1 is 1.07 bits per heavy atom. The van der Waals surface area contributed by atoms with Crippen LogP contribution in [0.4, 0.5) is 30.5 Å². The van der Waals surface area contributed by atoms with E-state index in [1.807, 2.05) is 19.1 Å². The van der Waals surface area contributed by atoms with E-state index >= 15 is 0 Å². The second-order valence-corrected chi connectivity index (χ2v) is 6.04. The summed E-state index contributed by atoms with van der Waals surface area (Å²) in [5, 5.41) is 13.6. The molecular weight excluding hydrogens is 363 g/mol. The third kappa shape index (κ3) is 3.50. The summed E-state index contributed by atoms with van der Waals surface area (Å²) >= 11 is 0. The number of halogens is 3. The molecular formula is C16H16F3N7O. The molecule has 0 radical (unpaired) electrons. The van der Waals surface area contributed by atoms with Crippen LogP contribution in [-0.4, -0.2) is 51.1 Å². The lowest BCUT2D eigenvalue weighted by Crippen LogP contribution is -2.36. The second kappa shape index (κ2) is 6.65. The van der Waals surface area contributed by atoms with Crippen molar-refractivity contribution >= 4 is 23.0 Å². The Labute approximate surface area is 152 Å². The van der Waals surface area contributed by atoms with Gasteiger partial charge < -0.3 is 15.0 Å². The molecule has 0 aromatic carbocycles. The molecule has 0 amide bonds. The van der Waals surface area contributed by atoms with Crippen LogP contribution >= 0.6 is 0 Å². The van der Waals surface area contributed by atoms with E-state index in [4.69, 9.17) is 4.74 Å². The summed E-state index contributed by atoms with van der Waals surface area (Å²) in [5.74, 6) is -0.0987. The van der Waals surface area contributed by atoms with Gasteiger partial charge in [-0.2, -0.15) is 17.7 Å². The van der Waals surface area contributed by atoms with Crippen LogP contribution in [0.15, 0.2) is 24.3 Å². The lowest BCUT2D eigenvalue weighted by atomic mass is 10.3. The first-order chi connectivity index (χ1) is 12.9. The number of rotatable bonds is 3. The third-order valence-corrected chi connectivity index (χ3v) is 4.19. The molecule has 1 aliphatic rings. The summed E-state index contributed by atoms with van der Waals surface area (Å²) in [5.41, 5.74) is 1.38. The number of pyridine rings is 1. The zero-order valence-corrected chi connectivity index (χ0v) is 14.4. The maximum atomic E-state index is 13.0. The van der Waals surface area contributed by atoms with Gasteiger partial charge in [0.1, 0.15) is 5.82 Å². The average molecular weight is 379 g/mol. The van der Waals surface area contributed by atoms with Crippen molar-refractivity contribution in [3.63, 3.8) is 0 Å². The summed E-state index contributed by atoms with van der Waals surface area (Å²) in [6.45, 7) is 4.68. The lowest BCUT2D eigenvalue weighted by molar-refractivity contribution is -0.146. The summed E-state index contributed by atoms with van der Waals surface area (Å²) in [4.78, 5) is 6.69. The molecule has 1 aliphatic heterocycles. The van der Waals surface area contributed by atoms with Gasteiger partial charge in [-0.1, -0.05) is 0 Å². The van der Waals surface area contributed by atoms with Crippen LogP contribution in [0.1, 0.15) is 11.5 Å². The predicted molar refractivity (Wildman–Crippen MR) is 91.1 cm³/mol. The zero-order valence-electron chi connectivity index (χ0n) is 14.4. The van der Waals surface area contributed by atoms with E-state index in [0.29, 0.717) is 29.1 Å². The van der Waals surface area contributed by atoms with Crippen LogP contribution in [-0.2, 0) is 10.9 Å². The van der Waals surface area contributed by atoms with Crippen molar-refractivity contribution in [3.05, 3.63) is 35.8 Å². The highest BCUT2D eigenvalue weighted by Gasteiger charge is 2.37. The Kier molecular flexibility index (Phi) is 4.30. The van der Waals surface area contributed by atoms with Gasteiger partial charge in [-0.15, -0.1) is 15.3 Å². The van der Waals surface area contributed by atoms with Gasteiger partial charge in [0.05, 0.1) is 24.6 Å². The number of aromatic nitrogens is 5. The minimum Gasteiger partial charge on any atom is -0.378 e. The molecule has 11 heteroatoms. The number of aryl methyl sites for hydroxylation is 1. The molecule has 0 bridgehead atoms. The van der Waals surface area contributed by atoms with Gasteiger partial charge in [-0.3, -0.25) is 0 Å². The number of hydrogen-bond donors (Lipinski definition) is 1. The molecule has 4 rings (SSSR count). The largest absolute Gasteiger partial charge is 0.453 e. The Bertz CT molecular complexity index is 966. The van der Waals surface area contributed by atoms with Crippen LogP contribution < -0.4 is 10.2 Å². The molecule has 142 valence electrons. The molecule has 0 spiro atoms. The van der Waals surface area contributed by atoms with Crippen molar-refractivity contribution in [1.29, 1.82) is 0 Å². The molecule has 8 nitrogen and oxygen atoms in total. The van der Waals surface area contributed by atoms with Gasteiger partial charge in [-0.05, 0) is 31.2 Å². The fourth-order valence-electron chi connectivity index (χ4n) is 2.82. The number of hydrogen-bond acceptors (Lipinski definition) is 7. The molecule has 3 aromatic rings. The molecule has 1 N–H and O–H groups in total. The average Bonchev–Trinajstić information content (AvgIpc) is 3.08. The van der Waals surface area contributed by atoms with Crippen molar-refractivity contribution in [3.8, 4) is 0 Å². The number of anilines is 3. The quantitative estimate of drug-likeness (QED) is 0.749. The molecule has 0 unspecified atom stereocenters. The van der Waals surface area contributed by atoms with E-state index in [2.05, 4.69) is 30.5 Å². The molecule has 0 saturated carbocycles. The van der Waals surface area contributed by atoms with Crippen molar-refractivity contribution < 1.29 is 17.9 Å². The monoisotopic (exact) mass is 379 g/mol. The van der Waals surface area contributed by atoms with E-state index in [-0.39, 0.29) is 11.5 Å². The molecule has 1 saturated heterocycles. The standard InChI is InChI=1S/C16H16F3N7O/c1-10-11(2-4-13(20-10)25-6-8-27-9-7-25)21-12-3-5-14-22-23-15(16(17,18)19)26(14)24-12/h2-5H,6-9H2,1H3,(H,21,24). The number of nitrogens with zero attached hydrogens (tertiary/aromatic N) is 6. The van der Waals surface area contributed by atoms with Crippen LogP contribution in [0.2, 0.25) is 0 Å². The predicted octanol–water partition coefficient (Wildman–Crippen LogP) is 2.43. The van der Waals surface area contributed by atoms with E-state index in [1.165, 1.54) is 6.07 Å². The minimum absolute atomic E-state index is 0.0189. The Morgan fingerprint density at radius 2 is 1.85 bits per heavy atom. The maximum Gasteiger partial charge on any atom is 0.453 e. The zero-order chi connectivity index (χ0) is 19.0. The van der Waals surface area contributed by atoms with Crippen LogP contribution in [0.5, 0.6) is 0 Å². The van der Waals surface area contributed by atoms with Gasteiger partial charge in [0, 0.05) is 13.1 Å². The number of nitrogens with one attached hydrogen (secondary N) is 1. The summed E-state index contributed by atoms with van der Waals surface area (Å²) in [7, 11) is 0. The van der Waals surface area contributed by atoms with Gasteiger partial charge >= 0.3 is 6.18 Å². The lowest BCUT2D eigenvalue weighted by Gasteiger charge is -2.28. The molecule has 0 atom stereocenters. The molecule has 3 aromatic heterocycles. The second-order valence-electron chi connectivity index (χ2n) is 6.04. The van der Waals surface area contributed by atoms with Crippen LogP contribution in [0.3, 0.4) is 0 Å². The summed E-state index contributed by atoms with van der Waals surface area (Å²) in [6, 6.07) is 6.65. The third-order valence-electron chi connectivity index (χ3n) is 4.19. The number of fused-ring (bicyclic) bond motifs is 1. The Hall–Kier alpha value is -2.95. The number of alkyl halides is 3. The Morgan fingerprint density at radius 3 is 2.56 bits per heavy atom. The SMILES string of the molecule is Cc1nc(N2CCOCC2)ccc1Nc1ccc2nnc(C(F)(F)F)n2n1. The Balaban J connectivity index is 1.60. The highest BCUT2D eigenvalue weighted by molar-refractivity contribution is 5.61. The fraction of sp³-hybridized carbons (Fsp3) is 0.375. The number of ether oxygens (including phenoxy) is 1. The highest BCUT2D eigenvalue weighted by Crippen LogP contribution is 2.28. The first-order valence-electron chi connectivity index (χ1n) is 8.29. The first-order valence-corrected chi connectivity index (χ1v) is 8.29. The van der Waals surface area contributed by atoms with E-state index < -0.39 is 12.0 Å². The van der Waals surface area contributed by atoms with Crippen molar-refractivity contribution in [1.82, 2.24) is 24.8 Å². The smallest absolute Gasteiger partial charge is 0.378 e. The fourth-order valence-corrected chi connectivity index (χ4v) is 2.82. The van der Waals surface area contributed by atoms with Crippen molar-refractivity contribution in [2.45, 2.75) is 13.1 Å². The minimum atomic E-state index is -4.64. The van der Waals surface area contributed by atoms with Gasteiger partial charge in [0.25, 0.3) is 5.82 Å². The van der Waals surface area contributed by atoms with E-state index in [9.17, 15) is 13.2 Å². The van der Waals surface area contributed by atoms with E-state index in [0.717, 1.165) is 18.9 Å². The molecule has 4 heterocycles. The molecule has 27 heavy (non-hydrogen) atoms. The van der Waals surface area contributed by atoms with Crippen molar-refractivity contribution in [2.24, 2.45) is 0 Å². The molecule has 1 fully saturated rings.